The highest BCUT2D eigenvalue weighted by molar-refractivity contribution is 5.81. The van der Waals surface area contributed by atoms with Gasteiger partial charge in [-0.1, -0.05) is 49.4 Å². The van der Waals surface area contributed by atoms with Gasteiger partial charge in [0.2, 0.25) is 5.91 Å². The normalized spacial score (nSPS) is 26.1. The number of pyridine rings is 1. The Labute approximate surface area is 183 Å². The molecule has 0 unspecified atom stereocenters. The van der Waals surface area contributed by atoms with E-state index in [0.717, 1.165) is 17.8 Å². The number of aliphatic hydroxyl groups is 1. The summed E-state index contributed by atoms with van der Waals surface area (Å²) >= 11 is 0. The molecule has 6 nitrogen and oxygen atoms in total. The molecule has 2 aromatic rings. The predicted molar refractivity (Wildman–Crippen MR) is 121 cm³/mol. The summed E-state index contributed by atoms with van der Waals surface area (Å²) in [7, 11) is 0. The molecule has 4 rings (SSSR count). The van der Waals surface area contributed by atoms with E-state index in [-0.39, 0.29) is 42.1 Å². The minimum atomic E-state index is -0.415. The van der Waals surface area contributed by atoms with Gasteiger partial charge in [-0.15, -0.1) is 0 Å². The fraction of sp³-hybridized carbons (Fsp3) is 0.440. The summed E-state index contributed by atoms with van der Waals surface area (Å²) < 4.78 is 1.81. The van der Waals surface area contributed by atoms with Gasteiger partial charge in [0.15, 0.2) is 0 Å². The third kappa shape index (κ3) is 3.64. The van der Waals surface area contributed by atoms with Crippen LogP contribution in [0.1, 0.15) is 49.7 Å². The first-order valence-corrected chi connectivity index (χ1v) is 11.1. The van der Waals surface area contributed by atoms with Crippen molar-refractivity contribution in [3.05, 3.63) is 75.7 Å². The van der Waals surface area contributed by atoms with Gasteiger partial charge in [0.05, 0.1) is 18.0 Å². The third-order valence-corrected chi connectivity index (χ3v) is 6.87. The number of fused-ring (bicyclic) bond motifs is 4. The molecule has 5 atom stereocenters. The molecule has 164 valence electrons. The van der Waals surface area contributed by atoms with Crippen LogP contribution in [0.2, 0.25) is 0 Å². The summed E-state index contributed by atoms with van der Waals surface area (Å²) in [5, 5.41) is 13.4. The quantitative estimate of drug-likeness (QED) is 0.752. The van der Waals surface area contributed by atoms with Gasteiger partial charge in [-0.25, -0.2) is 0 Å². The van der Waals surface area contributed by atoms with Crippen molar-refractivity contribution in [1.29, 1.82) is 0 Å². The van der Waals surface area contributed by atoms with Crippen molar-refractivity contribution in [3.63, 3.8) is 0 Å². The van der Waals surface area contributed by atoms with Crippen LogP contribution >= 0.6 is 0 Å². The SMILES string of the molecule is C/C=C\c1ccc2n(c1=O)C[C@@H]1[C@@H](CO)[C@H](C(=O)N[C@H](C)c3ccccc3)[C@H]2N1CC. The number of amides is 1. The van der Waals surface area contributed by atoms with Crippen LogP contribution in [0.4, 0.5) is 0 Å². The molecule has 0 saturated carbocycles. The monoisotopic (exact) mass is 421 g/mol. The van der Waals surface area contributed by atoms with Gasteiger partial charge < -0.3 is 15.0 Å². The number of hydrogen-bond acceptors (Lipinski definition) is 4. The first-order chi connectivity index (χ1) is 15.0. The van der Waals surface area contributed by atoms with Crippen LogP contribution in [-0.2, 0) is 11.3 Å². The van der Waals surface area contributed by atoms with Crippen molar-refractivity contribution in [1.82, 2.24) is 14.8 Å². The number of benzene rings is 1. The molecule has 0 aliphatic carbocycles. The highest BCUT2D eigenvalue weighted by Crippen LogP contribution is 2.48. The lowest BCUT2D eigenvalue weighted by Crippen LogP contribution is -2.46. The molecule has 1 aromatic carbocycles. The molecular formula is C25H31N3O3. The maximum absolute atomic E-state index is 13.5. The molecule has 3 heterocycles. The number of aliphatic hydroxyl groups excluding tert-OH is 1. The molecule has 31 heavy (non-hydrogen) atoms. The Morgan fingerprint density at radius 3 is 2.65 bits per heavy atom. The highest BCUT2D eigenvalue weighted by Gasteiger charge is 2.55. The zero-order chi connectivity index (χ0) is 22.1. The molecule has 0 spiro atoms. The van der Waals surface area contributed by atoms with Gasteiger partial charge in [-0.05, 0) is 38.1 Å². The first-order valence-electron chi connectivity index (χ1n) is 11.1. The van der Waals surface area contributed by atoms with E-state index in [9.17, 15) is 14.7 Å². The molecule has 0 radical (unpaired) electrons. The lowest BCUT2D eigenvalue weighted by molar-refractivity contribution is -0.128. The number of nitrogens with one attached hydrogen (secondary N) is 1. The number of carbonyl (C=O) groups excluding carboxylic acids is 1. The van der Waals surface area contributed by atoms with Crippen LogP contribution in [0.15, 0.2) is 53.3 Å². The average molecular weight is 422 g/mol. The van der Waals surface area contributed by atoms with Gasteiger partial charge >= 0.3 is 0 Å². The van der Waals surface area contributed by atoms with Crippen molar-refractivity contribution in [2.45, 2.75) is 45.4 Å². The summed E-state index contributed by atoms with van der Waals surface area (Å²) in [6.07, 6.45) is 3.68. The maximum Gasteiger partial charge on any atom is 0.258 e. The molecule has 6 heteroatoms. The van der Waals surface area contributed by atoms with Crippen molar-refractivity contribution in [3.8, 4) is 0 Å². The van der Waals surface area contributed by atoms with E-state index in [2.05, 4.69) is 17.1 Å². The Balaban J connectivity index is 1.72. The van der Waals surface area contributed by atoms with Gasteiger partial charge in [-0.2, -0.15) is 0 Å². The number of carbonyl (C=O) groups is 1. The molecular weight excluding hydrogens is 390 g/mol. The molecule has 2 aliphatic rings. The summed E-state index contributed by atoms with van der Waals surface area (Å²) in [4.78, 5) is 28.9. The number of likely N-dealkylation sites (N-methyl/N-ethyl adjacent to an activating group) is 1. The zero-order valence-corrected chi connectivity index (χ0v) is 18.4. The van der Waals surface area contributed by atoms with Crippen molar-refractivity contribution >= 4 is 12.0 Å². The average Bonchev–Trinajstić information content (AvgIpc) is 3.02. The molecule has 1 saturated heterocycles. The van der Waals surface area contributed by atoms with Crippen LogP contribution in [0.3, 0.4) is 0 Å². The van der Waals surface area contributed by atoms with E-state index < -0.39 is 5.92 Å². The van der Waals surface area contributed by atoms with E-state index in [4.69, 9.17) is 0 Å². The predicted octanol–water partition coefficient (Wildman–Crippen LogP) is 2.74. The van der Waals surface area contributed by atoms with Crippen LogP contribution in [0.5, 0.6) is 0 Å². The van der Waals surface area contributed by atoms with Gasteiger partial charge in [0, 0.05) is 36.4 Å². The number of allylic oxidation sites excluding steroid dienone is 1. The topological polar surface area (TPSA) is 74.6 Å². The second kappa shape index (κ2) is 8.81. The minimum absolute atomic E-state index is 0.0308. The summed E-state index contributed by atoms with van der Waals surface area (Å²) in [5.41, 5.74) is 2.52. The lowest BCUT2D eigenvalue weighted by atomic mass is 9.86. The van der Waals surface area contributed by atoms with E-state index in [1.165, 1.54) is 0 Å². The molecule has 2 aliphatic heterocycles. The van der Waals surface area contributed by atoms with Crippen LogP contribution in [0.25, 0.3) is 6.08 Å². The Morgan fingerprint density at radius 2 is 2.00 bits per heavy atom. The fourth-order valence-electron chi connectivity index (χ4n) is 5.41. The Kier molecular flexibility index (Phi) is 6.12. The van der Waals surface area contributed by atoms with Crippen molar-refractivity contribution in [2.75, 3.05) is 13.2 Å². The Bertz CT molecular complexity index is 1030. The van der Waals surface area contributed by atoms with E-state index >= 15 is 0 Å². The van der Waals surface area contributed by atoms with Crippen molar-refractivity contribution in [2.24, 2.45) is 11.8 Å². The van der Waals surface area contributed by atoms with Crippen LogP contribution in [-0.4, -0.2) is 39.7 Å². The molecule has 1 fully saturated rings. The standard InChI is InChI=1S/C25H31N3O3/c1-4-9-18-12-13-20-23-22(24(30)26-16(3)17-10-7-6-8-11-17)19(15-29)21(27(23)5-2)14-28(20)25(18)31/h4,6-13,16,19,21-23,29H,5,14-15H2,1-3H3,(H,26,30)/b9-4-/t16-,19-,21-,22+,23+/m1/s1. The maximum atomic E-state index is 13.5. The summed E-state index contributed by atoms with van der Waals surface area (Å²) in [6.45, 7) is 7.11. The summed E-state index contributed by atoms with van der Waals surface area (Å²) in [6, 6.07) is 13.3. The van der Waals surface area contributed by atoms with Crippen LogP contribution in [0, 0.1) is 11.8 Å². The second-order valence-corrected chi connectivity index (χ2v) is 8.49. The number of aromatic nitrogens is 1. The van der Waals surface area contributed by atoms with Gasteiger partial charge in [-0.3, -0.25) is 14.5 Å². The molecule has 1 amide bonds. The van der Waals surface area contributed by atoms with Gasteiger partial charge in [0.25, 0.3) is 5.56 Å². The molecule has 2 bridgehead atoms. The van der Waals surface area contributed by atoms with Crippen molar-refractivity contribution < 1.29 is 9.90 Å². The Morgan fingerprint density at radius 1 is 1.26 bits per heavy atom. The molecule has 2 N–H and O–H groups in total. The van der Waals surface area contributed by atoms with E-state index in [1.54, 1.807) is 0 Å². The third-order valence-electron chi connectivity index (χ3n) is 6.87. The Hall–Kier alpha value is -2.70. The number of hydrogen-bond donors (Lipinski definition) is 2. The van der Waals surface area contributed by atoms with Crippen LogP contribution < -0.4 is 10.9 Å². The highest BCUT2D eigenvalue weighted by atomic mass is 16.3. The van der Waals surface area contributed by atoms with E-state index in [0.29, 0.717) is 12.1 Å². The largest absolute Gasteiger partial charge is 0.396 e. The lowest BCUT2D eigenvalue weighted by Gasteiger charge is -2.37. The van der Waals surface area contributed by atoms with E-state index in [1.807, 2.05) is 73.0 Å². The second-order valence-electron chi connectivity index (χ2n) is 8.49. The number of nitrogens with zero attached hydrogens (tertiary/aromatic N) is 2. The minimum Gasteiger partial charge on any atom is -0.396 e. The first kappa shape index (κ1) is 21.5. The number of rotatable bonds is 6. The smallest absolute Gasteiger partial charge is 0.258 e. The van der Waals surface area contributed by atoms with Gasteiger partial charge in [0.1, 0.15) is 0 Å². The fourth-order valence-corrected chi connectivity index (χ4v) is 5.41. The molecule has 1 aromatic heterocycles. The summed E-state index contributed by atoms with van der Waals surface area (Å²) in [5.74, 6) is -0.709. The zero-order valence-electron chi connectivity index (χ0n) is 18.4.